The van der Waals surface area contributed by atoms with Gasteiger partial charge in [-0.25, -0.2) is 0 Å². The van der Waals surface area contributed by atoms with Gasteiger partial charge < -0.3 is 14.0 Å². The van der Waals surface area contributed by atoms with E-state index in [1.807, 2.05) is 47.0 Å². The number of terminal acetylenes is 1. The molecule has 1 amide bonds. The van der Waals surface area contributed by atoms with Crippen molar-refractivity contribution >= 4 is 39.2 Å². The van der Waals surface area contributed by atoms with Gasteiger partial charge in [0.15, 0.2) is 16.3 Å². The molecule has 0 saturated heterocycles. The lowest BCUT2D eigenvalue weighted by atomic mass is 10.2. The predicted molar refractivity (Wildman–Crippen MR) is 113 cm³/mol. The highest BCUT2D eigenvalue weighted by atomic mass is 32.2. The van der Waals surface area contributed by atoms with Crippen molar-refractivity contribution in [2.45, 2.75) is 12.3 Å². The van der Waals surface area contributed by atoms with E-state index >= 15 is 0 Å². The molecule has 1 aliphatic rings. The van der Waals surface area contributed by atoms with E-state index in [4.69, 9.17) is 15.9 Å². The van der Waals surface area contributed by atoms with Crippen LogP contribution < -0.4 is 14.3 Å². The molecular weight excluding hydrogens is 392 g/mol. The molecule has 0 radical (unpaired) electrons. The van der Waals surface area contributed by atoms with E-state index < -0.39 is 0 Å². The topological polar surface area (TPSA) is 52.8 Å². The Morgan fingerprint density at radius 2 is 1.96 bits per heavy atom. The molecule has 2 heterocycles. The summed E-state index contributed by atoms with van der Waals surface area (Å²) < 4.78 is 14.1. The van der Waals surface area contributed by atoms with Crippen molar-refractivity contribution < 1.29 is 14.3 Å². The second-order valence-electron chi connectivity index (χ2n) is 6.12. The Labute approximate surface area is 171 Å². The van der Waals surface area contributed by atoms with Crippen LogP contribution >= 0.6 is 23.1 Å². The molecule has 0 atom stereocenters. The molecule has 0 aliphatic carbocycles. The van der Waals surface area contributed by atoms with E-state index in [2.05, 4.69) is 10.9 Å². The third-order valence-corrected chi connectivity index (χ3v) is 6.18. The maximum absolute atomic E-state index is 12.4. The zero-order valence-electron chi connectivity index (χ0n) is 15.1. The monoisotopic (exact) mass is 410 g/mol. The fraction of sp³-hybridized carbons (Fsp3) is 0.238. The summed E-state index contributed by atoms with van der Waals surface area (Å²) in [6, 6.07) is 13.9. The summed E-state index contributed by atoms with van der Waals surface area (Å²) in [4.78, 5) is 17.3. The number of benzene rings is 2. The largest absolute Gasteiger partial charge is 0.486 e. The Hall–Kier alpha value is -2.69. The molecule has 0 fully saturated rings. The number of fused-ring (bicyclic) bond motifs is 2. The van der Waals surface area contributed by atoms with Crippen LogP contribution in [0.2, 0.25) is 0 Å². The third kappa shape index (κ3) is 4.08. The number of carbonyl (C=O) groups is 1. The standard InChI is InChI=1S/C21H18N2O3S2/c1-2-8-23-16-11-17-18(26-10-9-25-17)12-19(16)28-21(23)22-20(24)14-27-13-15-6-4-3-5-7-15/h1,3-7,11-12H,8-10,13-14H2. The lowest BCUT2D eigenvalue weighted by Gasteiger charge is -2.18. The minimum absolute atomic E-state index is 0.171. The van der Waals surface area contributed by atoms with Gasteiger partial charge in [0.1, 0.15) is 13.2 Å². The van der Waals surface area contributed by atoms with E-state index in [1.165, 1.54) is 16.9 Å². The first-order valence-corrected chi connectivity index (χ1v) is 10.8. The molecule has 0 spiro atoms. The molecule has 7 heteroatoms. The van der Waals surface area contributed by atoms with Gasteiger partial charge in [-0.3, -0.25) is 4.79 Å². The van der Waals surface area contributed by atoms with Crippen molar-refractivity contribution in [3.63, 3.8) is 0 Å². The number of rotatable bonds is 5. The molecule has 28 heavy (non-hydrogen) atoms. The Balaban J connectivity index is 1.58. The molecule has 1 aliphatic heterocycles. The highest BCUT2D eigenvalue weighted by Gasteiger charge is 2.16. The molecule has 5 nitrogen and oxygen atoms in total. The molecule has 0 bridgehead atoms. The van der Waals surface area contributed by atoms with E-state index in [9.17, 15) is 4.79 Å². The van der Waals surface area contributed by atoms with Crippen LogP contribution in [0.1, 0.15) is 5.56 Å². The minimum atomic E-state index is -0.171. The van der Waals surface area contributed by atoms with Crippen LogP contribution in [0.3, 0.4) is 0 Å². The number of hydrogen-bond acceptors (Lipinski definition) is 5. The number of nitrogens with zero attached hydrogens (tertiary/aromatic N) is 2. The van der Waals surface area contributed by atoms with Gasteiger partial charge in [-0.15, -0.1) is 18.2 Å². The van der Waals surface area contributed by atoms with Crippen LogP contribution in [0.15, 0.2) is 47.5 Å². The number of carbonyl (C=O) groups excluding carboxylic acids is 1. The van der Waals surface area contributed by atoms with Gasteiger partial charge in [0, 0.05) is 17.9 Å². The highest BCUT2D eigenvalue weighted by molar-refractivity contribution is 7.99. The van der Waals surface area contributed by atoms with Crippen molar-refractivity contribution in [1.82, 2.24) is 4.57 Å². The fourth-order valence-corrected chi connectivity index (χ4v) is 4.73. The first kappa shape index (κ1) is 18.7. The van der Waals surface area contributed by atoms with Crippen molar-refractivity contribution in [3.8, 4) is 23.8 Å². The van der Waals surface area contributed by atoms with Crippen LogP contribution in [0.4, 0.5) is 0 Å². The number of amides is 1. The second-order valence-corrected chi connectivity index (χ2v) is 8.12. The summed E-state index contributed by atoms with van der Waals surface area (Å²) in [6.07, 6.45) is 5.54. The van der Waals surface area contributed by atoms with Gasteiger partial charge in [-0.05, 0) is 5.56 Å². The third-order valence-electron chi connectivity index (χ3n) is 4.15. The van der Waals surface area contributed by atoms with Crippen molar-refractivity contribution in [2.75, 3.05) is 19.0 Å². The maximum atomic E-state index is 12.4. The smallest absolute Gasteiger partial charge is 0.258 e. The number of thioether (sulfide) groups is 1. The minimum Gasteiger partial charge on any atom is -0.486 e. The van der Waals surface area contributed by atoms with Crippen LogP contribution in [-0.4, -0.2) is 29.4 Å². The first-order chi connectivity index (χ1) is 13.7. The van der Waals surface area contributed by atoms with Gasteiger partial charge in [0.2, 0.25) is 0 Å². The summed E-state index contributed by atoms with van der Waals surface area (Å²) in [6.45, 7) is 1.39. The summed E-state index contributed by atoms with van der Waals surface area (Å²) in [5, 5.41) is 0. The zero-order chi connectivity index (χ0) is 19.3. The normalized spacial score (nSPS) is 13.5. The van der Waals surface area contributed by atoms with Gasteiger partial charge in [-0.2, -0.15) is 4.99 Å². The summed E-state index contributed by atoms with van der Waals surface area (Å²) >= 11 is 2.98. The Kier molecular flexibility index (Phi) is 5.70. The van der Waals surface area contributed by atoms with Crippen molar-refractivity contribution in [1.29, 1.82) is 0 Å². The molecule has 3 aromatic rings. The summed E-state index contributed by atoms with van der Waals surface area (Å²) in [5.74, 6) is 4.98. The van der Waals surface area contributed by atoms with Crippen LogP contribution in [0, 0.1) is 12.3 Å². The number of ether oxygens (including phenoxy) is 2. The summed E-state index contributed by atoms with van der Waals surface area (Å²) in [5.41, 5.74) is 2.09. The maximum Gasteiger partial charge on any atom is 0.258 e. The van der Waals surface area contributed by atoms with Crippen LogP contribution in [0.25, 0.3) is 10.2 Å². The summed E-state index contributed by atoms with van der Waals surface area (Å²) in [7, 11) is 0. The quantitative estimate of drug-likeness (QED) is 0.605. The van der Waals surface area contributed by atoms with E-state index in [0.717, 1.165) is 16.0 Å². The second kappa shape index (κ2) is 8.55. The zero-order valence-corrected chi connectivity index (χ0v) is 16.7. The first-order valence-electron chi connectivity index (χ1n) is 8.80. The molecular formula is C21H18N2O3S2. The van der Waals surface area contributed by atoms with E-state index in [1.54, 1.807) is 11.8 Å². The lowest BCUT2D eigenvalue weighted by Crippen LogP contribution is -2.17. The van der Waals surface area contributed by atoms with Crippen LogP contribution in [0.5, 0.6) is 11.5 Å². The molecule has 0 saturated carbocycles. The Morgan fingerprint density at radius 1 is 1.21 bits per heavy atom. The van der Waals surface area contributed by atoms with Gasteiger partial charge >= 0.3 is 0 Å². The fourth-order valence-electron chi connectivity index (χ4n) is 2.91. The molecule has 142 valence electrons. The van der Waals surface area contributed by atoms with Gasteiger partial charge in [-0.1, -0.05) is 47.6 Å². The molecule has 4 rings (SSSR count). The lowest BCUT2D eigenvalue weighted by molar-refractivity contribution is -0.115. The van der Waals surface area contributed by atoms with Crippen molar-refractivity contribution in [2.24, 2.45) is 4.99 Å². The molecule has 2 aromatic carbocycles. The van der Waals surface area contributed by atoms with Gasteiger partial charge in [0.05, 0.1) is 22.5 Å². The molecule has 1 aromatic heterocycles. The Morgan fingerprint density at radius 3 is 2.71 bits per heavy atom. The molecule has 0 N–H and O–H groups in total. The van der Waals surface area contributed by atoms with E-state index in [0.29, 0.717) is 41.8 Å². The van der Waals surface area contributed by atoms with Gasteiger partial charge in [0.25, 0.3) is 5.91 Å². The Bertz CT molecular complexity index is 1110. The van der Waals surface area contributed by atoms with Crippen LogP contribution in [-0.2, 0) is 17.1 Å². The molecule has 0 unspecified atom stereocenters. The average molecular weight is 411 g/mol. The average Bonchev–Trinajstić information content (AvgIpc) is 3.03. The van der Waals surface area contributed by atoms with Crippen molar-refractivity contribution in [3.05, 3.63) is 52.8 Å². The highest BCUT2D eigenvalue weighted by Crippen LogP contribution is 2.35. The predicted octanol–water partition coefficient (Wildman–Crippen LogP) is 3.47. The number of aromatic nitrogens is 1. The van der Waals surface area contributed by atoms with E-state index in [-0.39, 0.29) is 5.91 Å². The number of thiazole rings is 1. The SMILES string of the molecule is C#CCn1c(=NC(=O)CSCc2ccccc2)sc2cc3c(cc21)OCCO3. The number of hydrogen-bond donors (Lipinski definition) is 0.